The van der Waals surface area contributed by atoms with E-state index in [1.807, 2.05) is 98.7 Å². The molecule has 0 saturated heterocycles. The average molecular weight is 1710 g/mol. The average Bonchev–Trinajstić information content (AvgIpc) is 0.711. The third-order valence-corrected chi connectivity index (χ3v) is 28.0. The van der Waals surface area contributed by atoms with Gasteiger partial charge in [-0.3, -0.25) is 28.8 Å². The van der Waals surface area contributed by atoms with Gasteiger partial charge in [-0.1, -0.05) is 135 Å². The number of halogens is 3. The molecule has 120 heavy (non-hydrogen) atoms. The van der Waals surface area contributed by atoms with E-state index in [0.29, 0.717) is 74.8 Å². The molecule has 0 amide bonds. The molecule has 4 atom stereocenters. The maximum atomic E-state index is 13.3. The van der Waals surface area contributed by atoms with E-state index < -0.39 is 73.3 Å². The minimum Gasteiger partial charge on any atom is -0.748 e. The summed E-state index contributed by atoms with van der Waals surface area (Å²) in [5, 5.41) is 9.52. The smallest absolute Gasteiger partial charge is 0.426 e. The second-order valence-corrected chi connectivity index (χ2v) is 39.6. The fourth-order valence-corrected chi connectivity index (χ4v) is 18.2. The number of phenolic OH excluding ortho intramolecular Hbond substituents is 1. The summed E-state index contributed by atoms with van der Waals surface area (Å²) < 4.78 is 122. The van der Waals surface area contributed by atoms with Gasteiger partial charge in [0.15, 0.2) is 23.2 Å². The zero-order valence-corrected chi connectivity index (χ0v) is 75.7. The van der Waals surface area contributed by atoms with Gasteiger partial charge in [-0.05, 0) is 281 Å². The maximum absolute atomic E-state index is 13.3. The molecule has 24 heteroatoms. The number of fused-ring (bicyclic) bond motifs is 2. The fourth-order valence-electron chi connectivity index (χ4n) is 15.3. The second-order valence-electron chi connectivity index (χ2n) is 36.2. The lowest BCUT2D eigenvalue weighted by Crippen LogP contribution is -2.61. The molecule has 19 nitrogen and oxygen atoms in total. The highest BCUT2D eigenvalue weighted by molar-refractivity contribution is 7.97. The Bertz CT molecular complexity index is 4480. The summed E-state index contributed by atoms with van der Waals surface area (Å²) in [6.07, 6.45) is 12.5. The number of aromatic hydroxyl groups is 1. The van der Waals surface area contributed by atoms with Crippen molar-refractivity contribution in [2.75, 3.05) is 12.5 Å². The first kappa shape index (κ1) is 98.9. The highest BCUT2D eigenvalue weighted by Crippen LogP contribution is 2.64. The normalized spacial score (nSPS) is 19.6. The molecular weight excluding hydrogens is 1580 g/mol. The Kier molecular flexibility index (Phi) is 35.2. The minimum atomic E-state index is -5.27. The van der Waals surface area contributed by atoms with Gasteiger partial charge < -0.3 is 52.0 Å². The molecule has 6 aromatic rings. The van der Waals surface area contributed by atoms with Gasteiger partial charge in [0, 0.05) is 12.5 Å². The van der Waals surface area contributed by atoms with Crippen LogP contribution < -0.4 is 24.4 Å². The van der Waals surface area contributed by atoms with Crippen LogP contribution in [0, 0.1) is 65.6 Å². The van der Waals surface area contributed by atoms with Crippen LogP contribution in [0.2, 0.25) is 0 Å². The van der Waals surface area contributed by atoms with E-state index in [1.54, 1.807) is 53.7 Å². The van der Waals surface area contributed by atoms with E-state index in [-0.39, 0.29) is 69.0 Å². The molecule has 1 aromatic heterocycles. The van der Waals surface area contributed by atoms with Gasteiger partial charge in [0.05, 0.1) is 55.3 Å². The van der Waals surface area contributed by atoms with Crippen LogP contribution in [0.4, 0.5) is 13.2 Å². The second kappa shape index (κ2) is 42.7. The van der Waals surface area contributed by atoms with E-state index in [4.69, 9.17) is 37.6 Å². The summed E-state index contributed by atoms with van der Waals surface area (Å²) in [6, 6.07) is 40.1. The first-order valence-corrected chi connectivity index (χ1v) is 45.5. The van der Waals surface area contributed by atoms with Gasteiger partial charge in [-0.25, -0.2) is 8.42 Å². The number of esters is 5. The molecule has 5 aromatic carbocycles. The van der Waals surface area contributed by atoms with Crippen LogP contribution in [-0.4, -0.2) is 90.1 Å². The Hall–Kier alpha value is -8.19. The Morgan fingerprint density at radius 3 is 1.62 bits per heavy atom. The van der Waals surface area contributed by atoms with Crippen LogP contribution in [0.5, 0.6) is 34.5 Å². The number of alkyl halides is 3. The predicted molar refractivity (Wildman–Crippen MR) is 458 cm³/mol. The monoisotopic (exact) mass is 1710 g/mol. The van der Waals surface area contributed by atoms with Crippen LogP contribution in [0.15, 0.2) is 151 Å². The van der Waals surface area contributed by atoms with Crippen LogP contribution in [0.3, 0.4) is 0 Å². The van der Waals surface area contributed by atoms with Crippen LogP contribution in [-0.2, 0) is 63.9 Å². The number of hydrogen-bond donors (Lipinski definition) is 1. The lowest BCUT2D eigenvalue weighted by molar-refractivity contribution is -0.239. The number of carbonyl (C=O) groups excluding carboxylic acids is 5. The maximum Gasteiger partial charge on any atom is 0.426 e. The van der Waals surface area contributed by atoms with Crippen molar-refractivity contribution in [1.29, 1.82) is 0 Å². The van der Waals surface area contributed by atoms with Gasteiger partial charge >= 0.3 is 36.0 Å². The van der Waals surface area contributed by atoms with E-state index in [2.05, 4.69) is 99.2 Å². The minimum absolute atomic E-state index is 0.00100. The standard InChI is InChI=1S/C20H29F3O7S.C18H13OS.C17H26O2.C15H28O2.C14H20O3.C12H16O4/c1-4-17(2,3)15(24)30-19-8-12-5-13(9-19)7-18(6-12,11-19)16(25)29-14(20(21,22)23)10-31(26,27)28;1-2-8-14(9-3-1)20-17-12-6-4-10-15(17)19-16-11-5-7-13-18(16)20;1-3-14(2)15-9-11-17(12-10-15)19-13-18-16-7-5-4-6-8-16;1-6-14(2,3)13(16)17-15(4,5)12-10-8-7-9-11-12;1-6-14(4,5)13(16)17-12-8-7-11(15)9(2)10(12)3;1-5-12(3,4)11(14)16-10-8(2)15-7-6-9(10)13/h12-14H,4-11H2,1-3H3,(H,26,27,28);1-13H;9-12,14,16H,3-8,13H2,1-2H3;12H,6-11H2,1-5H3;7-8,15H,6H2,1-5H3;6-7H,5H2,1-4H3/q;+1;;;;/p-1. The Morgan fingerprint density at radius 2 is 1.11 bits per heavy atom. The number of benzene rings is 5. The van der Waals surface area contributed by atoms with Crippen molar-refractivity contribution in [3.05, 3.63) is 160 Å². The largest absolute Gasteiger partial charge is 0.748 e. The van der Waals surface area contributed by atoms with Crippen molar-refractivity contribution < 1.29 is 97.5 Å². The summed E-state index contributed by atoms with van der Waals surface area (Å²) in [4.78, 5) is 76.8. The van der Waals surface area contributed by atoms with Crippen molar-refractivity contribution in [3.63, 3.8) is 0 Å². The predicted octanol–water partition coefficient (Wildman–Crippen LogP) is 23.1. The van der Waals surface area contributed by atoms with Crippen molar-refractivity contribution in [3.8, 4) is 34.5 Å². The highest BCUT2D eigenvalue weighted by atomic mass is 32.2. The third-order valence-electron chi connectivity index (χ3n) is 25.0. The molecule has 4 bridgehead atoms. The Balaban J connectivity index is 0.000000202. The van der Waals surface area contributed by atoms with Gasteiger partial charge in [0.25, 0.3) is 0 Å². The molecule has 6 aliphatic carbocycles. The summed E-state index contributed by atoms with van der Waals surface area (Å²) in [5.41, 5.74) is -2.13. The number of aryl methyl sites for hydroxylation is 1. The van der Waals surface area contributed by atoms with E-state index in [1.165, 1.54) is 103 Å². The van der Waals surface area contributed by atoms with E-state index in [9.17, 15) is 60.0 Å². The highest BCUT2D eigenvalue weighted by Gasteiger charge is 2.64. The van der Waals surface area contributed by atoms with Crippen molar-refractivity contribution in [2.45, 2.75) is 317 Å². The van der Waals surface area contributed by atoms with Gasteiger partial charge in [0.1, 0.15) is 45.1 Å². The summed E-state index contributed by atoms with van der Waals surface area (Å²) in [7, 11) is -5.35. The molecule has 6 saturated carbocycles. The SMILES string of the molecule is CCC(C)(C)C(=O)OC(C)(C)C1CCCCC1.CCC(C)(C)C(=O)OC12CC3CC(C1)CC(C(=O)OC(CS(=O)(=O)[O-])C(F)(F)F)(C3)C2.CCC(C)(C)C(=O)Oc1c(C)occc1=O.CCC(C)(C)C(=O)Oc1ccc(O)c(C)c1C.CCC(C)c1ccc(OCOC2CCCCC2)cc1.c1ccc([S+]2c3ccccc3Oc3ccccc32)cc1. The molecule has 0 radical (unpaired) electrons. The van der Waals surface area contributed by atoms with Crippen molar-refractivity contribution >= 4 is 50.9 Å². The lowest BCUT2D eigenvalue weighted by Gasteiger charge is -2.60. The number of hydrogen-bond acceptors (Lipinski definition) is 19. The Labute approximate surface area is 713 Å². The number of carbonyl (C=O) groups is 5. The first-order chi connectivity index (χ1) is 56.2. The quantitative estimate of drug-likeness (QED) is 0.0147. The molecule has 1 aliphatic heterocycles. The summed E-state index contributed by atoms with van der Waals surface area (Å²) >= 11 is 0. The van der Waals surface area contributed by atoms with Crippen LogP contribution in [0.1, 0.15) is 274 Å². The summed E-state index contributed by atoms with van der Waals surface area (Å²) in [6.45, 7) is 36.6. The van der Waals surface area contributed by atoms with Crippen LogP contribution in [0.25, 0.3) is 0 Å². The van der Waals surface area contributed by atoms with Gasteiger partial charge in [-0.15, -0.1) is 0 Å². The van der Waals surface area contributed by atoms with Gasteiger partial charge in [-0.2, -0.15) is 13.2 Å². The Morgan fingerprint density at radius 1 is 0.608 bits per heavy atom. The topological polar surface area (TPSA) is 267 Å². The zero-order chi connectivity index (χ0) is 89.0. The molecule has 4 unspecified atom stereocenters. The summed E-state index contributed by atoms with van der Waals surface area (Å²) in [5.74, 6) is 0.883. The van der Waals surface area contributed by atoms with Crippen molar-refractivity contribution in [1.82, 2.24) is 0 Å². The molecule has 1 N–H and O–H groups in total. The lowest BCUT2D eigenvalue weighted by atomic mass is 9.48. The number of phenols is 1. The first-order valence-electron chi connectivity index (χ1n) is 42.7. The number of para-hydroxylation sites is 2. The molecule has 13 rings (SSSR count). The van der Waals surface area contributed by atoms with Crippen molar-refractivity contribution in [2.24, 2.45) is 44.8 Å². The third kappa shape index (κ3) is 27.4. The zero-order valence-electron chi connectivity index (χ0n) is 74.1. The number of rotatable bonds is 24. The molecule has 662 valence electrons. The van der Waals surface area contributed by atoms with Gasteiger partial charge in [0.2, 0.25) is 27.1 Å². The van der Waals surface area contributed by atoms with E-state index in [0.717, 1.165) is 47.6 Å². The van der Waals surface area contributed by atoms with Crippen LogP contribution >= 0.6 is 0 Å². The molecule has 0 spiro atoms. The van der Waals surface area contributed by atoms with E-state index >= 15 is 0 Å². The molecule has 2 heterocycles. The molecule has 6 fully saturated rings. The number of ether oxygens (including phenoxy) is 8. The molecular formula is C96H131F3O19S2. The fraction of sp³-hybridized carbons (Fsp3) is 0.583. The molecule has 7 aliphatic rings.